The van der Waals surface area contributed by atoms with Crippen molar-refractivity contribution in [3.05, 3.63) is 52.4 Å². The monoisotopic (exact) mass is 277 g/mol. The van der Waals surface area contributed by atoms with Gasteiger partial charge in [-0.1, -0.05) is 28.1 Å². The Morgan fingerprint density at radius 2 is 2.12 bits per heavy atom. The number of hydrogen-bond donors (Lipinski definition) is 1. The number of rotatable bonds is 3. The molecule has 0 bridgehead atoms. The molecule has 0 atom stereocenters. The molecule has 1 heterocycles. The molecule has 4 heteroatoms. The van der Waals surface area contributed by atoms with E-state index in [4.69, 9.17) is 0 Å². The third kappa shape index (κ3) is 3.03. The van der Waals surface area contributed by atoms with Gasteiger partial charge in [-0.3, -0.25) is 0 Å². The number of aryl methyl sites for hydroxylation is 1. The van der Waals surface area contributed by atoms with Crippen molar-refractivity contribution in [2.24, 2.45) is 0 Å². The maximum absolute atomic E-state index is 4.14. The standard InChI is InChI=1S/C12H12BrN3/c1-9-5-12(16-8-15-9)14-7-10-3-2-4-11(13)6-10/h2-6,8H,7H2,1H3,(H,14,15,16). The van der Waals surface area contributed by atoms with Gasteiger partial charge in [0.2, 0.25) is 0 Å². The molecular weight excluding hydrogens is 266 g/mol. The van der Waals surface area contributed by atoms with Gasteiger partial charge < -0.3 is 5.32 Å². The first-order valence-corrected chi connectivity index (χ1v) is 5.80. The Labute approximate surface area is 103 Å². The Bertz CT molecular complexity index is 440. The van der Waals surface area contributed by atoms with E-state index >= 15 is 0 Å². The first-order valence-electron chi connectivity index (χ1n) is 5.01. The third-order valence-corrected chi connectivity index (χ3v) is 2.66. The SMILES string of the molecule is Cc1cc(NCc2cccc(Br)c2)ncn1. The molecule has 2 aromatic rings. The molecule has 0 unspecified atom stereocenters. The normalized spacial score (nSPS) is 10.1. The summed E-state index contributed by atoms with van der Waals surface area (Å²) in [5.41, 5.74) is 2.18. The predicted molar refractivity (Wildman–Crippen MR) is 68.2 cm³/mol. The fourth-order valence-corrected chi connectivity index (χ4v) is 1.84. The van der Waals surface area contributed by atoms with Crippen LogP contribution in [0.25, 0.3) is 0 Å². The number of halogens is 1. The van der Waals surface area contributed by atoms with Crippen molar-refractivity contribution in [2.45, 2.75) is 13.5 Å². The molecule has 0 amide bonds. The minimum absolute atomic E-state index is 0.760. The largest absolute Gasteiger partial charge is 0.366 e. The fraction of sp³-hybridized carbons (Fsp3) is 0.167. The van der Waals surface area contributed by atoms with E-state index in [1.807, 2.05) is 25.1 Å². The zero-order chi connectivity index (χ0) is 11.4. The minimum atomic E-state index is 0.760. The third-order valence-electron chi connectivity index (χ3n) is 2.17. The van der Waals surface area contributed by atoms with Crippen molar-refractivity contribution >= 4 is 21.7 Å². The molecule has 0 fully saturated rings. The summed E-state index contributed by atoms with van der Waals surface area (Å²) >= 11 is 3.45. The number of aromatic nitrogens is 2. The summed E-state index contributed by atoms with van der Waals surface area (Å²) in [6.45, 7) is 2.71. The maximum atomic E-state index is 4.14. The lowest BCUT2D eigenvalue weighted by Gasteiger charge is -2.06. The van der Waals surface area contributed by atoms with Crippen LogP contribution in [0.15, 0.2) is 41.1 Å². The summed E-state index contributed by atoms with van der Waals surface area (Å²) < 4.78 is 1.09. The lowest BCUT2D eigenvalue weighted by Crippen LogP contribution is -2.01. The average Bonchev–Trinajstić information content (AvgIpc) is 2.27. The molecule has 1 aromatic heterocycles. The highest BCUT2D eigenvalue weighted by molar-refractivity contribution is 9.10. The summed E-state index contributed by atoms with van der Waals surface area (Å²) in [6.07, 6.45) is 1.57. The van der Waals surface area contributed by atoms with Gasteiger partial charge >= 0.3 is 0 Å². The smallest absolute Gasteiger partial charge is 0.129 e. The Morgan fingerprint density at radius 3 is 2.88 bits per heavy atom. The summed E-state index contributed by atoms with van der Waals surface area (Å²) in [7, 11) is 0. The molecule has 0 aliphatic rings. The number of benzene rings is 1. The van der Waals surface area contributed by atoms with E-state index in [-0.39, 0.29) is 0 Å². The summed E-state index contributed by atoms with van der Waals surface area (Å²) in [5.74, 6) is 0.854. The highest BCUT2D eigenvalue weighted by Crippen LogP contribution is 2.13. The number of hydrogen-bond acceptors (Lipinski definition) is 3. The van der Waals surface area contributed by atoms with Gasteiger partial charge in [0.15, 0.2) is 0 Å². The molecule has 2 rings (SSSR count). The second-order valence-electron chi connectivity index (χ2n) is 3.53. The summed E-state index contributed by atoms with van der Waals surface area (Å²) in [5, 5.41) is 3.26. The topological polar surface area (TPSA) is 37.8 Å². The van der Waals surface area contributed by atoms with Crippen LogP contribution in [-0.2, 0) is 6.54 Å². The highest BCUT2D eigenvalue weighted by Gasteiger charge is 1.96. The lowest BCUT2D eigenvalue weighted by molar-refractivity contribution is 1.05. The van der Waals surface area contributed by atoms with Crippen LogP contribution in [-0.4, -0.2) is 9.97 Å². The molecule has 1 aromatic carbocycles. The zero-order valence-electron chi connectivity index (χ0n) is 8.94. The Morgan fingerprint density at radius 1 is 1.25 bits per heavy atom. The van der Waals surface area contributed by atoms with Crippen molar-refractivity contribution < 1.29 is 0 Å². The second-order valence-corrected chi connectivity index (χ2v) is 4.44. The molecule has 0 aliphatic heterocycles. The van der Waals surface area contributed by atoms with Gasteiger partial charge in [-0.05, 0) is 24.6 Å². The molecule has 0 saturated carbocycles. The Balaban J connectivity index is 2.02. The van der Waals surface area contributed by atoms with E-state index in [2.05, 4.69) is 43.3 Å². The number of anilines is 1. The summed E-state index contributed by atoms with van der Waals surface area (Å²) in [4.78, 5) is 8.19. The molecule has 0 radical (unpaired) electrons. The molecular formula is C12H12BrN3. The molecule has 0 saturated heterocycles. The van der Waals surface area contributed by atoms with Gasteiger partial charge in [0.25, 0.3) is 0 Å². The summed E-state index contributed by atoms with van der Waals surface area (Å²) in [6, 6.07) is 10.1. The Hall–Kier alpha value is -1.42. The van der Waals surface area contributed by atoms with Crippen molar-refractivity contribution in [3.8, 4) is 0 Å². The van der Waals surface area contributed by atoms with E-state index in [1.165, 1.54) is 5.56 Å². The van der Waals surface area contributed by atoms with E-state index in [0.29, 0.717) is 0 Å². The zero-order valence-corrected chi connectivity index (χ0v) is 10.5. The lowest BCUT2D eigenvalue weighted by atomic mass is 10.2. The number of nitrogens with one attached hydrogen (secondary N) is 1. The van der Waals surface area contributed by atoms with E-state index < -0.39 is 0 Å². The van der Waals surface area contributed by atoms with Gasteiger partial charge in [0.1, 0.15) is 12.1 Å². The number of nitrogens with zero attached hydrogens (tertiary/aromatic N) is 2. The molecule has 3 nitrogen and oxygen atoms in total. The first kappa shape index (κ1) is 11.1. The fourth-order valence-electron chi connectivity index (χ4n) is 1.39. The molecule has 0 aliphatic carbocycles. The van der Waals surface area contributed by atoms with Crippen LogP contribution >= 0.6 is 15.9 Å². The van der Waals surface area contributed by atoms with Gasteiger partial charge in [0, 0.05) is 22.8 Å². The van der Waals surface area contributed by atoms with Crippen LogP contribution in [0.3, 0.4) is 0 Å². The van der Waals surface area contributed by atoms with Crippen LogP contribution in [0.2, 0.25) is 0 Å². The Kier molecular flexibility index (Phi) is 3.51. The van der Waals surface area contributed by atoms with Crippen molar-refractivity contribution in [3.63, 3.8) is 0 Å². The van der Waals surface area contributed by atoms with Crippen LogP contribution < -0.4 is 5.32 Å². The first-order chi connectivity index (χ1) is 7.74. The van der Waals surface area contributed by atoms with Gasteiger partial charge in [0.05, 0.1) is 0 Å². The van der Waals surface area contributed by atoms with Gasteiger partial charge in [-0.15, -0.1) is 0 Å². The van der Waals surface area contributed by atoms with Crippen LogP contribution in [0.4, 0.5) is 5.82 Å². The maximum Gasteiger partial charge on any atom is 0.129 e. The van der Waals surface area contributed by atoms with E-state index in [1.54, 1.807) is 6.33 Å². The average molecular weight is 278 g/mol. The van der Waals surface area contributed by atoms with Crippen molar-refractivity contribution in [1.82, 2.24) is 9.97 Å². The second kappa shape index (κ2) is 5.07. The molecule has 1 N–H and O–H groups in total. The predicted octanol–water partition coefficient (Wildman–Crippen LogP) is 3.16. The molecule has 0 spiro atoms. The van der Waals surface area contributed by atoms with Crippen LogP contribution in [0, 0.1) is 6.92 Å². The van der Waals surface area contributed by atoms with Crippen molar-refractivity contribution in [1.29, 1.82) is 0 Å². The van der Waals surface area contributed by atoms with Crippen LogP contribution in [0.1, 0.15) is 11.3 Å². The quantitative estimate of drug-likeness (QED) is 0.937. The van der Waals surface area contributed by atoms with Gasteiger partial charge in [-0.2, -0.15) is 0 Å². The minimum Gasteiger partial charge on any atom is -0.366 e. The molecule has 16 heavy (non-hydrogen) atoms. The van der Waals surface area contributed by atoms with E-state index in [0.717, 1.165) is 22.5 Å². The van der Waals surface area contributed by atoms with Crippen LogP contribution in [0.5, 0.6) is 0 Å². The van der Waals surface area contributed by atoms with Gasteiger partial charge in [-0.25, -0.2) is 9.97 Å². The molecule has 82 valence electrons. The highest BCUT2D eigenvalue weighted by atomic mass is 79.9. The van der Waals surface area contributed by atoms with Crippen molar-refractivity contribution in [2.75, 3.05) is 5.32 Å². The van der Waals surface area contributed by atoms with E-state index in [9.17, 15) is 0 Å².